The van der Waals surface area contributed by atoms with Gasteiger partial charge in [0.05, 0.1) is 6.42 Å². The first-order chi connectivity index (χ1) is 10.7. The zero-order valence-corrected chi connectivity index (χ0v) is 15.0. The van der Waals surface area contributed by atoms with Gasteiger partial charge >= 0.3 is 0 Å². The molecule has 0 N–H and O–H groups in total. The SMILES string of the molecule is Cc1ccc(CC(=O)N2CCN(C(=O)C(C)(C)C)CC2)cc1C. The van der Waals surface area contributed by atoms with Crippen LogP contribution >= 0.6 is 0 Å². The molecule has 1 aliphatic heterocycles. The van der Waals surface area contributed by atoms with E-state index in [1.54, 1.807) is 0 Å². The van der Waals surface area contributed by atoms with Crippen molar-refractivity contribution >= 4 is 11.8 Å². The van der Waals surface area contributed by atoms with Crippen molar-refractivity contribution in [1.29, 1.82) is 0 Å². The molecule has 1 heterocycles. The van der Waals surface area contributed by atoms with Crippen molar-refractivity contribution in [2.75, 3.05) is 26.2 Å². The Kier molecular flexibility index (Phi) is 5.12. The van der Waals surface area contributed by atoms with Crippen molar-refractivity contribution in [2.45, 2.75) is 41.0 Å². The van der Waals surface area contributed by atoms with E-state index in [4.69, 9.17) is 0 Å². The lowest BCUT2D eigenvalue weighted by atomic mass is 9.94. The third kappa shape index (κ3) is 4.34. The molecule has 1 aromatic rings. The molecule has 4 nitrogen and oxygen atoms in total. The number of piperazine rings is 1. The first-order valence-corrected chi connectivity index (χ1v) is 8.32. The standard InChI is InChI=1S/C19H28N2O2/c1-14-6-7-16(12-15(14)2)13-17(22)20-8-10-21(11-9-20)18(23)19(3,4)5/h6-7,12H,8-11,13H2,1-5H3. The van der Waals surface area contributed by atoms with Gasteiger partial charge in [-0.1, -0.05) is 39.0 Å². The second-order valence-corrected chi connectivity index (χ2v) is 7.52. The van der Waals surface area contributed by atoms with Gasteiger partial charge in [0.25, 0.3) is 0 Å². The normalized spacial score (nSPS) is 15.7. The second kappa shape index (κ2) is 6.73. The fourth-order valence-electron chi connectivity index (χ4n) is 2.83. The number of aryl methyl sites for hydroxylation is 2. The Morgan fingerprint density at radius 1 is 0.957 bits per heavy atom. The lowest BCUT2D eigenvalue weighted by molar-refractivity contribution is -0.144. The molecule has 0 radical (unpaired) electrons. The van der Waals surface area contributed by atoms with Crippen molar-refractivity contribution in [3.63, 3.8) is 0 Å². The van der Waals surface area contributed by atoms with E-state index in [-0.39, 0.29) is 17.2 Å². The van der Waals surface area contributed by atoms with Gasteiger partial charge in [-0.25, -0.2) is 0 Å². The molecule has 1 saturated heterocycles. The fourth-order valence-corrected chi connectivity index (χ4v) is 2.83. The molecule has 23 heavy (non-hydrogen) atoms. The number of carbonyl (C=O) groups is 2. The summed E-state index contributed by atoms with van der Waals surface area (Å²) < 4.78 is 0. The summed E-state index contributed by atoms with van der Waals surface area (Å²) in [5.74, 6) is 0.315. The van der Waals surface area contributed by atoms with E-state index in [1.807, 2.05) is 36.6 Å². The van der Waals surface area contributed by atoms with Gasteiger partial charge in [0.1, 0.15) is 0 Å². The number of nitrogens with zero attached hydrogens (tertiary/aromatic N) is 2. The number of rotatable bonds is 2. The topological polar surface area (TPSA) is 40.6 Å². The summed E-state index contributed by atoms with van der Waals surface area (Å²) in [5.41, 5.74) is 3.17. The lowest BCUT2D eigenvalue weighted by Crippen LogP contribution is -2.53. The third-order valence-corrected chi connectivity index (χ3v) is 4.49. The van der Waals surface area contributed by atoms with Gasteiger partial charge in [0, 0.05) is 31.6 Å². The van der Waals surface area contributed by atoms with Crippen LogP contribution in [0.25, 0.3) is 0 Å². The highest BCUT2D eigenvalue weighted by Crippen LogP contribution is 2.19. The third-order valence-electron chi connectivity index (χ3n) is 4.49. The van der Waals surface area contributed by atoms with Crippen LogP contribution < -0.4 is 0 Å². The van der Waals surface area contributed by atoms with Crippen LogP contribution in [-0.4, -0.2) is 47.8 Å². The molecule has 0 bridgehead atoms. The van der Waals surface area contributed by atoms with Gasteiger partial charge in [-0.05, 0) is 30.5 Å². The van der Waals surface area contributed by atoms with Crippen molar-refractivity contribution in [3.05, 3.63) is 34.9 Å². The van der Waals surface area contributed by atoms with Gasteiger partial charge in [-0.3, -0.25) is 9.59 Å². The average Bonchev–Trinajstić information content (AvgIpc) is 2.49. The molecule has 1 fully saturated rings. The molecule has 0 aromatic heterocycles. The van der Waals surface area contributed by atoms with Crippen LogP contribution in [0.15, 0.2) is 18.2 Å². The quantitative estimate of drug-likeness (QED) is 0.841. The highest BCUT2D eigenvalue weighted by molar-refractivity contribution is 5.82. The molecule has 1 aromatic carbocycles. The maximum atomic E-state index is 12.5. The molecule has 0 saturated carbocycles. The Labute approximate surface area is 139 Å². The van der Waals surface area contributed by atoms with Crippen LogP contribution in [0.3, 0.4) is 0 Å². The minimum absolute atomic E-state index is 0.149. The Morgan fingerprint density at radius 3 is 2.04 bits per heavy atom. The molecule has 2 rings (SSSR count). The Balaban J connectivity index is 1.91. The zero-order chi connectivity index (χ0) is 17.2. The summed E-state index contributed by atoms with van der Waals surface area (Å²) >= 11 is 0. The number of amides is 2. The molecule has 4 heteroatoms. The summed E-state index contributed by atoms with van der Waals surface area (Å²) in [4.78, 5) is 28.5. The van der Waals surface area contributed by atoms with E-state index in [1.165, 1.54) is 11.1 Å². The van der Waals surface area contributed by atoms with Gasteiger partial charge in [0.2, 0.25) is 11.8 Å². The van der Waals surface area contributed by atoms with Gasteiger partial charge in [-0.2, -0.15) is 0 Å². The summed E-state index contributed by atoms with van der Waals surface area (Å²) in [7, 11) is 0. The number of hydrogen-bond donors (Lipinski definition) is 0. The summed E-state index contributed by atoms with van der Waals surface area (Å²) in [6, 6.07) is 6.18. The first kappa shape index (κ1) is 17.5. The maximum absolute atomic E-state index is 12.5. The van der Waals surface area contributed by atoms with Crippen LogP contribution in [0.4, 0.5) is 0 Å². The Bertz CT molecular complexity index is 594. The molecule has 126 valence electrons. The van der Waals surface area contributed by atoms with Gasteiger partial charge in [-0.15, -0.1) is 0 Å². The minimum atomic E-state index is -0.356. The lowest BCUT2D eigenvalue weighted by Gasteiger charge is -2.37. The predicted molar refractivity (Wildman–Crippen MR) is 92.2 cm³/mol. The van der Waals surface area contributed by atoms with E-state index >= 15 is 0 Å². The van der Waals surface area contributed by atoms with Crippen LogP contribution in [0.2, 0.25) is 0 Å². The second-order valence-electron chi connectivity index (χ2n) is 7.52. The highest BCUT2D eigenvalue weighted by Gasteiger charge is 2.30. The smallest absolute Gasteiger partial charge is 0.228 e. The number of hydrogen-bond acceptors (Lipinski definition) is 2. The van der Waals surface area contributed by atoms with Crippen molar-refractivity contribution in [2.24, 2.45) is 5.41 Å². The van der Waals surface area contributed by atoms with E-state index in [2.05, 4.69) is 26.0 Å². The summed E-state index contributed by atoms with van der Waals surface area (Å²) in [6.07, 6.45) is 0.439. The van der Waals surface area contributed by atoms with Crippen LogP contribution in [-0.2, 0) is 16.0 Å². The summed E-state index contributed by atoms with van der Waals surface area (Å²) in [6.45, 7) is 12.5. The molecule has 2 amide bonds. The van der Waals surface area contributed by atoms with Crippen LogP contribution in [0.5, 0.6) is 0 Å². The number of benzene rings is 1. The van der Waals surface area contributed by atoms with E-state index in [9.17, 15) is 9.59 Å². The molecule has 0 aliphatic carbocycles. The fraction of sp³-hybridized carbons (Fsp3) is 0.579. The molecule has 0 unspecified atom stereocenters. The molecular weight excluding hydrogens is 288 g/mol. The Hall–Kier alpha value is -1.84. The zero-order valence-electron chi connectivity index (χ0n) is 15.0. The molecule has 0 spiro atoms. The van der Waals surface area contributed by atoms with Gasteiger partial charge in [0.15, 0.2) is 0 Å². The summed E-state index contributed by atoms with van der Waals surface area (Å²) in [5, 5.41) is 0. The van der Waals surface area contributed by atoms with E-state index in [0.29, 0.717) is 32.6 Å². The van der Waals surface area contributed by atoms with Crippen molar-refractivity contribution in [3.8, 4) is 0 Å². The van der Waals surface area contributed by atoms with Crippen LogP contribution in [0.1, 0.15) is 37.5 Å². The minimum Gasteiger partial charge on any atom is -0.339 e. The monoisotopic (exact) mass is 316 g/mol. The molecular formula is C19H28N2O2. The largest absolute Gasteiger partial charge is 0.339 e. The van der Waals surface area contributed by atoms with E-state index < -0.39 is 0 Å². The highest BCUT2D eigenvalue weighted by atomic mass is 16.2. The average molecular weight is 316 g/mol. The molecule has 1 aliphatic rings. The van der Waals surface area contributed by atoms with Crippen molar-refractivity contribution in [1.82, 2.24) is 9.80 Å². The van der Waals surface area contributed by atoms with Gasteiger partial charge < -0.3 is 9.80 Å². The number of carbonyl (C=O) groups excluding carboxylic acids is 2. The van der Waals surface area contributed by atoms with E-state index in [0.717, 1.165) is 5.56 Å². The molecule has 0 atom stereocenters. The first-order valence-electron chi connectivity index (χ1n) is 8.32. The predicted octanol–water partition coefficient (Wildman–Crippen LogP) is 2.56. The maximum Gasteiger partial charge on any atom is 0.228 e. The van der Waals surface area contributed by atoms with Crippen LogP contribution in [0, 0.1) is 19.3 Å². The van der Waals surface area contributed by atoms with Crippen molar-refractivity contribution < 1.29 is 9.59 Å². The Morgan fingerprint density at radius 2 is 1.52 bits per heavy atom.